The summed E-state index contributed by atoms with van der Waals surface area (Å²) >= 11 is 0. The van der Waals surface area contributed by atoms with Gasteiger partial charge in [0.25, 0.3) is 0 Å². The van der Waals surface area contributed by atoms with E-state index in [1.54, 1.807) is 6.20 Å². The van der Waals surface area contributed by atoms with Crippen LogP contribution in [0.3, 0.4) is 0 Å². The number of aromatic nitrogens is 3. The quantitative estimate of drug-likeness (QED) is 0.868. The number of anilines is 2. The molecule has 1 aliphatic heterocycles. The van der Waals surface area contributed by atoms with E-state index >= 15 is 0 Å². The molecule has 1 aromatic rings. The topological polar surface area (TPSA) is 53.9 Å². The van der Waals surface area contributed by atoms with Gasteiger partial charge in [0, 0.05) is 19.6 Å². The Labute approximate surface area is 109 Å². The summed E-state index contributed by atoms with van der Waals surface area (Å²) in [5, 5.41) is 11.5. The first-order chi connectivity index (χ1) is 8.75. The summed E-state index contributed by atoms with van der Waals surface area (Å²) in [6.45, 7) is 7.49. The van der Waals surface area contributed by atoms with Crippen molar-refractivity contribution in [3.8, 4) is 0 Å². The van der Waals surface area contributed by atoms with Crippen molar-refractivity contribution < 1.29 is 0 Å². The number of piperidine rings is 1. The van der Waals surface area contributed by atoms with Crippen molar-refractivity contribution in [2.24, 2.45) is 5.92 Å². The van der Waals surface area contributed by atoms with Crippen LogP contribution in [-0.4, -0.2) is 34.8 Å². The van der Waals surface area contributed by atoms with Crippen molar-refractivity contribution in [1.82, 2.24) is 15.2 Å². The molecule has 100 valence electrons. The smallest absolute Gasteiger partial charge is 0.247 e. The van der Waals surface area contributed by atoms with Crippen LogP contribution in [0.15, 0.2) is 6.20 Å². The van der Waals surface area contributed by atoms with Crippen molar-refractivity contribution in [3.63, 3.8) is 0 Å². The molecule has 0 radical (unpaired) electrons. The van der Waals surface area contributed by atoms with Crippen molar-refractivity contribution in [2.45, 2.75) is 39.5 Å². The Hall–Kier alpha value is -1.39. The van der Waals surface area contributed by atoms with Gasteiger partial charge in [-0.15, -0.1) is 5.10 Å². The molecule has 1 fully saturated rings. The van der Waals surface area contributed by atoms with E-state index in [0.717, 1.165) is 37.8 Å². The van der Waals surface area contributed by atoms with Crippen molar-refractivity contribution in [2.75, 3.05) is 29.9 Å². The summed E-state index contributed by atoms with van der Waals surface area (Å²) in [5.41, 5.74) is 0. The zero-order chi connectivity index (χ0) is 12.8. The first-order valence-corrected chi connectivity index (χ1v) is 6.94. The maximum Gasteiger partial charge on any atom is 0.247 e. The normalized spacial score (nSPS) is 16.1. The number of hydrogen-bond acceptors (Lipinski definition) is 5. The third-order valence-corrected chi connectivity index (χ3v) is 3.21. The van der Waals surface area contributed by atoms with Gasteiger partial charge in [-0.2, -0.15) is 10.1 Å². The predicted molar refractivity (Wildman–Crippen MR) is 73.8 cm³/mol. The van der Waals surface area contributed by atoms with Gasteiger partial charge in [0.15, 0.2) is 5.82 Å². The number of nitrogens with one attached hydrogen (secondary N) is 1. The fourth-order valence-corrected chi connectivity index (χ4v) is 2.10. The minimum Gasteiger partial charge on any atom is -0.369 e. The summed E-state index contributed by atoms with van der Waals surface area (Å²) in [7, 11) is 0. The van der Waals surface area contributed by atoms with Gasteiger partial charge in [0.1, 0.15) is 0 Å². The molecule has 0 aliphatic carbocycles. The molecule has 0 saturated carbocycles. The number of nitrogens with zero attached hydrogens (tertiary/aromatic N) is 4. The first kappa shape index (κ1) is 13.1. The molecule has 2 rings (SSSR count). The van der Waals surface area contributed by atoms with E-state index in [-0.39, 0.29) is 0 Å². The number of hydrogen-bond donors (Lipinski definition) is 1. The molecule has 1 saturated heterocycles. The Morgan fingerprint density at radius 1 is 1.28 bits per heavy atom. The van der Waals surface area contributed by atoms with Gasteiger partial charge < -0.3 is 10.2 Å². The van der Waals surface area contributed by atoms with Gasteiger partial charge in [-0.05, 0) is 31.6 Å². The minimum absolute atomic E-state index is 0.703. The highest BCUT2D eigenvalue weighted by Crippen LogP contribution is 2.15. The zero-order valence-corrected chi connectivity index (χ0v) is 11.4. The third kappa shape index (κ3) is 3.82. The van der Waals surface area contributed by atoms with Crippen LogP contribution in [0.2, 0.25) is 0 Å². The average Bonchev–Trinajstić information content (AvgIpc) is 2.40. The molecule has 0 aromatic carbocycles. The van der Waals surface area contributed by atoms with E-state index in [1.807, 2.05) is 0 Å². The molecule has 1 aromatic heterocycles. The Bertz CT molecular complexity index is 360. The summed E-state index contributed by atoms with van der Waals surface area (Å²) < 4.78 is 0. The van der Waals surface area contributed by atoms with Crippen LogP contribution < -0.4 is 10.2 Å². The van der Waals surface area contributed by atoms with E-state index in [4.69, 9.17) is 0 Å². The highest BCUT2D eigenvalue weighted by molar-refractivity contribution is 5.38. The Morgan fingerprint density at radius 2 is 2.06 bits per heavy atom. The van der Waals surface area contributed by atoms with E-state index < -0.39 is 0 Å². The van der Waals surface area contributed by atoms with E-state index in [1.165, 1.54) is 19.3 Å². The van der Waals surface area contributed by atoms with Crippen LogP contribution in [-0.2, 0) is 0 Å². The fourth-order valence-electron chi connectivity index (χ4n) is 2.10. The second-order valence-corrected chi connectivity index (χ2v) is 5.30. The maximum atomic E-state index is 4.53. The summed E-state index contributed by atoms with van der Waals surface area (Å²) in [6, 6.07) is 0. The lowest BCUT2D eigenvalue weighted by Crippen LogP contribution is -2.31. The molecule has 5 nitrogen and oxygen atoms in total. The molecule has 1 aliphatic rings. The van der Waals surface area contributed by atoms with Crippen LogP contribution in [0.1, 0.15) is 39.5 Å². The second kappa shape index (κ2) is 6.52. The van der Waals surface area contributed by atoms with Crippen molar-refractivity contribution in [3.05, 3.63) is 6.20 Å². The van der Waals surface area contributed by atoms with Crippen LogP contribution in [0.4, 0.5) is 11.8 Å². The van der Waals surface area contributed by atoms with Gasteiger partial charge in [0.05, 0.1) is 6.20 Å². The molecule has 0 atom stereocenters. The van der Waals surface area contributed by atoms with E-state index in [0.29, 0.717) is 5.92 Å². The van der Waals surface area contributed by atoms with Gasteiger partial charge >= 0.3 is 0 Å². The maximum absolute atomic E-state index is 4.53. The zero-order valence-electron chi connectivity index (χ0n) is 11.4. The summed E-state index contributed by atoms with van der Waals surface area (Å²) in [5.74, 6) is 2.31. The number of rotatable bonds is 5. The lowest BCUT2D eigenvalue weighted by molar-refractivity contribution is 0.565. The highest BCUT2D eigenvalue weighted by atomic mass is 15.3. The van der Waals surface area contributed by atoms with Crippen molar-refractivity contribution >= 4 is 11.8 Å². The molecular formula is C13H23N5. The summed E-state index contributed by atoms with van der Waals surface area (Å²) in [6.07, 6.45) is 6.62. The van der Waals surface area contributed by atoms with Crippen LogP contribution in [0, 0.1) is 5.92 Å². The highest BCUT2D eigenvalue weighted by Gasteiger charge is 2.14. The van der Waals surface area contributed by atoms with E-state index in [9.17, 15) is 0 Å². The molecule has 18 heavy (non-hydrogen) atoms. The van der Waals surface area contributed by atoms with Gasteiger partial charge in [0.2, 0.25) is 5.95 Å². The van der Waals surface area contributed by atoms with Crippen LogP contribution in [0.5, 0.6) is 0 Å². The molecule has 0 bridgehead atoms. The SMILES string of the molecule is CC(C)CCNc1cnnc(N2CCCCC2)n1. The molecule has 2 heterocycles. The second-order valence-electron chi connectivity index (χ2n) is 5.30. The molecule has 5 heteroatoms. The van der Waals surface area contributed by atoms with E-state index in [2.05, 4.69) is 39.2 Å². The molecule has 0 unspecified atom stereocenters. The van der Waals surface area contributed by atoms with Crippen molar-refractivity contribution in [1.29, 1.82) is 0 Å². The lowest BCUT2D eigenvalue weighted by atomic mass is 10.1. The van der Waals surface area contributed by atoms with Crippen LogP contribution >= 0.6 is 0 Å². The van der Waals surface area contributed by atoms with Crippen LogP contribution in [0.25, 0.3) is 0 Å². The molecule has 0 amide bonds. The van der Waals surface area contributed by atoms with Gasteiger partial charge in [-0.3, -0.25) is 0 Å². The Kier molecular flexibility index (Phi) is 4.73. The largest absolute Gasteiger partial charge is 0.369 e. The standard InChI is InChI=1S/C13H23N5/c1-11(2)6-7-14-12-10-15-17-13(16-12)18-8-4-3-5-9-18/h10-11H,3-9H2,1-2H3,(H,14,16,17). The molecular weight excluding hydrogens is 226 g/mol. The third-order valence-electron chi connectivity index (χ3n) is 3.21. The monoisotopic (exact) mass is 249 g/mol. The molecule has 0 spiro atoms. The lowest BCUT2D eigenvalue weighted by Gasteiger charge is -2.26. The summed E-state index contributed by atoms with van der Waals surface area (Å²) in [4.78, 5) is 6.76. The fraction of sp³-hybridized carbons (Fsp3) is 0.769. The molecule has 1 N–H and O–H groups in total. The average molecular weight is 249 g/mol. The minimum atomic E-state index is 0.703. The van der Waals surface area contributed by atoms with Gasteiger partial charge in [-0.1, -0.05) is 13.8 Å². The van der Waals surface area contributed by atoms with Gasteiger partial charge in [-0.25, -0.2) is 0 Å². The first-order valence-electron chi connectivity index (χ1n) is 6.94. The Morgan fingerprint density at radius 3 is 2.78 bits per heavy atom. The Balaban J connectivity index is 1.91. The predicted octanol–water partition coefficient (Wildman–Crippen LogP) is 2.32.